The highest BCUT2D eigenvalue weighted by atomic mass is 35.5. The first-order valence-electron chi connectivity index (χ1n) is 8.42. The molecule has 1 atom stereocenters. The number of anilines is 1. The van der Waals surface area contributed by atoms with Crippen LogP contribution < -0.4 is 10.6 Å². The van der Waals surface area contributed by atoms with Gasteiger partial charge in [-0.1, -0.05) is 47.1 Å². The lowest BCUT2D eigenvalue weighted by Gasteiger charge is -2.21. The summed E-state index contributed by atoms with van der Waals surface area (Å²) in [6, 6.07) is 10.5. The summed E-state index contributed by atoms with van der Waals surface area (Å²) < 4.78 is 13.0. The quantitative estimate of drug-likeness (QED) is 0.529. The van der Waals surface area contributed by atoms with Crippen LogP contribution in [-0.4, -0.2) is 27.9 Å². The van der Waals surface area contributed by atoms with Crippen molar-refractivity contribution in [2.75, 3.05) is 5.32 Å². The van der Waals surface area contributed by atoms with Crippen molar-refractivity contribution in [1.29, 1.82) is 0 Å². The maximum atomic E-state index is 13.0. The summed E-state index contributed by atoms with van der Waals surface area (Å²) in [7, 11) is 0. The standard InChI is InChI=1S/C19H15Cl2FN4O2S/c1-10(11-2-4-12(22)5-3-11)25-26-19-24-17(27)9-16(29-19)18(28)23-13-6-7-14(20)15(21)8-13/h2-8,16H,9H2,1H3,(H,23,28)(H,24,26,27)/b25-10+/t16-/m1/s1. The van der Waals surface area contributed by atoms with Crippen LogP contribution in [0.4, 0.5) is 10.1 Å². The van der Waals surface area contributed by atoms with Crippen molar-refractivity contribution in [1.82, 2.24) is 5.32 Å². The number of hydrogen-bond donors (Lipinski definition) is 2. The molecule has 0 radical (unpaired) electrons. The van der Waals surface area contributed by atoms with E-state index in [1.807, 2.05) is 0 Å². The summed E-state index contributed by atoms with van der Waals surface area (Å²) in [6.45, 7) is 1.71. The Labute approximate surface area is 180 Å². The Morgan fingerprint density at radius 3 is 2.62 bits per heavy atom. The maximum absolute atomic E-state index is 13.0. The van der Waals surface area contributed by atoms with Crippen molar-refractivity contribution in [2.24, 2.45) is 10.2 Å². The van der Waals surface area contributed by atoms with Gasteiger partial charge in [0.1, 0.15) is 11.1 Å². The Morgan fingerprint density at radius 1 is 1.21 bits per heavy atom. The third kappa shape index (κ3) is 5.79. The predicted molar refractivity (Wildman–Crippen MR) is 115 cm³/mol. The molecule has 0 bridgehead atoms. The van der Waals surface area contributed by atoms with Gasteiger partial charge in [-0.3, -0.25) is 9.59 Å². The van der Waals surface area contributed by atoms with Gasteiger partial charge in [-0.25, -0.2) is 4.39 Å². The van der Waals surface area contributed by atoms with Gasteiger partial charge in [0.2, 0.25) is 11.8 Å². The molecule has 0 spiro atoms. The van der Waals surface area contributed by atoms with E-state index in [0.717, 1.165) is 11.8 Å². The molecule has 1 saturated heterocycles. The molecule has 0 saturated carbocycles. The van der Waals surface area contributed by atoms with Gasteiger partial charge >= 0.3 is 0 Å². The summed E-state index contributed by atoms with van der Waals surface area (Å²) in [6.07, 6.45) is -0.00248. The topological polar surface area (TPSA) is 82.9 Å². The Kier molecular flexibility index (Phi) is 6.89. The molecule has 0 aliphatic carbocycles. The lowest BCUT2D eigenvalue weighted by molar-refractivity contribution is -0.123. The Balaban J connectivity index is 1.70. The van der Waals surface area contributed by atoms with Gasteiger partial charge in [0, 0.05) is 12.1 Å². The first-order chi connectivity index (χ1) is 13.8. The first-order valence-corrected chi connectivity index (χ1v) is 10.1. The van der Waals surface area contributed by atoms with Crippen LogP contribution in [0.1, 0.15) is 18.9 Å². The second-order valence-electron chi connectivity index (χ2n) is 6.07. The van der Waals surface area contributed by atoms with Gasteiger partial charge in [0.25, 0.3) is 0 Å². The number of benzene rings is 2. The van der Waals surface area contributed by atoms with Crippen LogP contribution in [0.5, 0.6) is 0 Å². The molecule has 3 rings (SSSR count). The van der Waals surface area contributed by atoms with Crippen LogP contribution >= 0.6 is 35.0 Å². The van der Waals surface area contributed by atoms with Gasteiger partial charge in [-0.05, 0) is 42.8 Å². The number of amides is 2. The normalized spacial score (nSPS) is 18.5. The number of rotatable bonds is 4. The van der Waals surface area contributed by atoms with Crippen LogP contribution in [0.2, 0.25) is 10.0 Å². The second kappa shape index (κ2) is 9.39. The SMILES string of the molecule is C/C(=N\N=C1\NC(=O)C[C@H](C(=O)Nc2ccc(Cl)c(Cl)c2)S1)c1ccc(F)cc1. The lowest BCUT2D eigenvalue weighted by Crippen LogP contribution is -2.41. The molecule has 6 nitrogen and oxygen atoms in total. The van der Waals surface area contributed by atoms with Gasteiger partial charge in [0.05, 0.1) is 15.8 Å². The van der Waals surface area contributed by atoms with Crippen LogP contribution in [0.25, 0.3) is 0 Å². The zero-order valence-corrected chi connectivity index (χ0v) is 17.4. The third-order valence-corrected chi connectivity index (χ3v) is 5.71. The van der Waals surface area contributed by atoms with E-state index in [-0.39, 0.29) is 29.2 Å². The summed E-state index contributed by atoms with van der Waals surface area (Å²) in [4.78, 5) is 24.5. The lowest BCUT2D eigenvalue weighted by atomic mass is 10.1. The zero-order valence-electron chi connectivity index (χ0n) is 15.1. The largest absolute Gasteiger partial charge is 0.325 e. The molecule has 10 heteroatoms. The number of hydrogen-bond acceptors (Lipinski definition) is 5. The molecule has 1 fully saturated rings. The number of carbonyl (C=O) groups excluding carboxylic acids is 2. The number of nitrogens with one attached hydrogen (secondary N) is 2. The molecular formula is C19H15Cl2FN4O2S. The summed E-state index contributed by atoms with van der Waals surface area (Å²) in [5, 5.41) is 13.6. The maximum Gasteiger partial charge on any atom is 0.238 e. The van der Waals surface area contributed by atoms with E-state index in [9.17, 15) is 14.0 Å². The van der Waals surface area contributed by atoms with Crippen LogP contribution in [-0.2, 0) is 9.59 Å². The third-order valence-electron chi connectivity index (χ3n) is 3.90. The fourth-order valence-corrected chi connectivity index (χ4v) is 3.63. The molecule has 29 heavy (non-hydrogen) atoms. The molecule has 0 aromatic heterocycles. The molecule has 2 aromatic carbocycles. The van der Waals surface area contributed by atoms with Gasteiger partial charge in [-0.2, -0.15) is 5.10 Å². The van der Waals surface area contributed by atoms with Gasteiger partial charge in [0.15, 0.2) is 5.17 Å². The molecule has 0 unspecified atom stereocenters. The van der Waals surface area contributed by atoms with Crippen molar-refractivity contribution in [3.05, 3.63) is 63.9 Å². The number of halogens is 3. The highest BCUT2D eigenvalue weighted by Crippen LogP contribution is 2.27. The molecular weight excluding hydrogens is 438 g/mol. The molecule has 150 valence electrons. The molecule has 1 aliphatic heterocycles. The second-order valence-corrected chi connectivity index (χ2v) is 8.08. The van der Waals surface area contributed by atoms with E-state index in [2.05, 4.69) is 20.8 Å². The fourth-order valence-electron chi connectivity index (χ4n) is 2.41. The van der Waals surface area contributed by atoms with E-state index in [4.69, 9.17) is 23.2 Å². The number of nitrogens with zero attached hydrogens (tertiary/aromatic N) is 2. The van der Waals surface area contributed by atoms with E-state index in [0.29, 0.717) is 27.0 Å². The minimum Gasteiger partial charge on any atom is -0.325 e. The van der Waals surface area contributed by atoms with E-state index in [1.54, 1.807) is 31.2 Å². The van der Waals surface area contributed by atoms with Crippen LogP contribution in [0.3, 0.4) is 0 Å². The summed E-state index contributed by atoms with van der Waals surface area (Å²) in [5.41, 5.74) is 1.70. The zero-order chi connectivity index (χ0) is 21.0. The number of amidine groups is 1. The van der Waals surface area contributed by atoms with Crippen molar-refractivity contribution in [3.63, 3.8) is 0 Å². The van der Waals surface area contributed by atoms with Crippen LogP contribution in [0, 0.1) is 5.82 Å². The highest BCUT2D eigenvalue weighted by Gasteiger charge is 2.30. The summed E-state index contributed by atoms with van der Waals surface area (Å²) in [5.74, 6) is -1.06. The molecule has 2 aromatic rings. The molecule has 2 N–H and O–H groups in total. The van der Waals surface area contributed by atoms with Gasteiger partial charge in [-0.15, -0.1) is 5.10 Å². The van der Waals surface area contributed by atoms with Gasteiger partial charge < -0.3 is 10.6 Å². The van der Waals surface area contributed by atoms with E-state index in [1.165, 1.54) is 18.2 Å². The molecule has 2 amide bonds. The smallest absolute Gasteiger partial charge is 0.238 e. The Hall–Kier alpha value is -2.42. The minimum atomic E-state index is -0.682. The monoisotopic (exact) mass is 452 g/mol. The highest BCUT2D eigenvalue weighted by molar-refractivity contribution is 8.15. The average molecular weight is 453 g/mol. The molecule has 1 aliphatic rings. The summed E-state index contributed by atoms with van der Waals surface area (Å²) >= 11 is 12.9. The van der Waals surface area contributed by atoms with E-state index >= 15 is 0 Å². The van der Waals surface area contributed by atoms with Crippen molar-refractivity contribution < 1.29 is 14.0 Å². The van der Waals surface area contributed by atoms with Crippen molar-refractivity contribution in [3.8, 4) is 0 Å². The molecule has 1 heterocycles. The van der Waals surface area contributed by atoms with E-state index < -0.39 is 5.25 Å². The van der Waals surface area contributed by atoms with Crippen LogP contribution in [0.15, 0.2) is 52.7 Å². The number of carbonyl (C=O) groups is 2. The number of thioether (sulfide) groups is 1. The van der Waals surface area contributed by atoms with Crippen molar-refractivity contribution >= 4 is 63.3 Å². The Bertz CT molecular complexity index is 1010. The predicted octanol–water partition coefficient (Wildman–Crippen LogP) is 4.47. The first kappa shape index (κ1) is 21.3. The minimum absolute atomic E-state index is 0.00248. The Morgan fingerprint density at radius 2 is 1.93 bits per heavy atom. The average Bonchev–Trinajstić information content (AvgIpc) is 2.69. The fraction of sp³-hybridized carbons (Fsp3) is 0.158. The van der Waals surface area contributed by atoms with Crippen molar-refractivity contribution in [2.45, 2.75) is 18.6 Å².